The van der Waals surface area contributed by atoms with Gasteiger partial charge in [-0.2, -0.15) is 0 Å². The maximum absolute atomic E-state index is 6.10. The zero-order valence-electron chi connectivity index (χ0n) is 14.4. The first-order valence-electron chi connectivity index (χ1n) is 8.93. The van der Waals surface area contributed by atoms with Crippen LogP contribution in [0.15, 0.2) is 52.3 Å². The summed E-state index contributed by atoms with van der Waals surface area (Å²) in [7, 11) is 0. The van der Waals surface area contributed by atoms with Crippen LogP contribution >= 0.6 is 24.0 Å². The number of nitrogens with two attached hydrogens (primary N) is 1. The van der Waals surface area contributed by atoms with Crippen molar-refractivity contribution >= 4 is 40.3 Å². The van der Waals surface area contributed by atoms with E-state index in [4.69, 9.17) is 18.0 Å². The normalized spacial score (nSPS) is 17.9. The van der Waals surface area contributed by atoms with Gasteiger partial charge in [0, 0.05) is 28.4 Å². The number of anilines is 2. The molecule has 1 saturated heterocycles. The van der Waals surface area contributed by atoms with Crippen molar-refractivity contribution in [2.75, 3.05) is 18.0 Å². The summed E-state index contributed by atoms with van der Waals surface area (Å²) >= 11 is 7.20. The van der Waals surface area contributed by atoms with Gasteiger partial charge in [-0.1, -0.05) is 49.1 Å². The maximum atomic E-state index is 6.10. The summed E-state index contributed by atoms with van der Waals surface area (Å²) < 4.78 is 0. The lowest BCUT2D eigenvalue weighted by Gasteiger charge is -2.43. The van der Waals surface area contributed by atoms with Crippen molar-refractivity contribution < 1.29 is 0 Å². The van der Waals surface area contributed by atoms with Crippen LogP contribution in [-0.2, 0) is 0 Å². The van der Waals surface area contributed by atoms with Gasteiger partial charge < -0.3 is 10.6 Å². The van der Waals surface area contributed by atoms with Gasteiger partial charge in [-0.15, -0.1) is 0 Å². The Hall–Kier alpha value is -1.56. The summed E-state index contributed by atoms with van der Waals surface area (Å²) in [5.41, 5.74) is 9.52. The molecular formula is C20H23N3S2. The molecule has 1 atom stereocenters. The molecule has 4 rings (SSSR count). The number of nitrogens with zero attached hydrogens (tertiary/aromatic N) is 2. The summed E-state index contributed by atoms with van der Waals surface area (Å²) in [4.78, 5) is 8.10. The van der Waals surface area contributed by atoms with Gasteiger partial charge in [-0.25, -0.2) is 0 Å². The molecule has 2 heterocycles. The fraction of sp³-hybridized carbons (Fsp3) is 0.350. The van der Waals surface area contributed by atoms with Crippen molar-refractivity contribution in [3.05, 3.63) is 48.0 Å². The third kappa shape index (κ3) is 2.94. The molecule has 0 bridgehead atoms. The fourth-order valence-electron chi connectivity index (χ4n) is 3.99. The van der Waals surface area contributed by atoms with Crippen LogP contribution in [0.25, 0.3) is 0 Å². The Balaban J connectivity index is 1.91. The molecule has 3 nitrogen and oxygen atoms in total. The Bertz CT molecular complexity index is 799. The number of benzene rings is 2. The molecule has 0 spiro atoms. The van der Waals surface area contributed by atoms with Crippen molar-refractivity contribution in [1.29, 1.82) is 0 Å². The summed E-state index contributed by atoms with van der Waals surface area (Å²) in [6.07, 6.45) is 3.96. The molecule has 1 fully saturated rings. The first-order chi connectivity index (χ1) is 12.2. The van der Waals surface area contributed by atoms with Crippen molar-refractivity contribution in [3.63, 3.8) is 0 Å². The summed E-state index contributed by atoms with van der Waals surface area (Å²) in [6, 6.07) is 15.0. The summed E-state index contributed by atoms with van der Waals surface area (Å²) in [6.45, 7) is 4.60. The van der Waals surface area contributed by atoms with E-state index in [-0.39, 0.29) is 0 Å². The minimum atomic E-state index is 0.332. The maximum Gasteiger partial charge on any atom is 0.106 e. The number of thiocarbonyl (C=S) groups is 1. The lowest BCUT2D eigenvalue weighted by Crippen LogP contribution is -2.46. The molecule has 0 aliphatic carbocycles. The number of hydrogen-bond donors (Lipinski definition) is 1. The Morgan fingerprint density at radius 1 is 1.12 bits per heavy atom. The van der Waals surface area contributed by atoms with Gasteiger partial charge in [0.25, 0.3) is 0 Å². The molecule has 2 aliphatic rings. The smallest absolute Gasteiger partial charge is 0.106 e. The Kier molecular flexibility index (Phi) is 4.71. The van der Waals surface area contributed by atoms with Gasteiger partial charge in [0.1, 0.15) is 4.99 Å². The van der Waals surface area contributed by atoms with E-state index in [0.29, 0.717) is 11.2 Å². The van der Waals surface area contributed by atoms with Gasteiger partial charge in [0.15, 0.2) is 0 Å². The van der Waals surface area contributed by atoms with E-state index in [9.17, 15) is 0 Å². The molecule has 0 amide bonds. The highest BCUT2D eigenvalue weighted by Crippen LogP contribution is 2.51. The SMILES string of the molecule is CCC(N1CCCC1)N1c2ccccc2Sc2cccc(C(N)=S)c21. The van der Waals surface area contributed by atoms with Crippen LogP contribution in [0.5, 0.6) is 0 Å². The number of likely N-dealkylation sites (tertiary alicyclic amines) is 1. The van der Waals surface area contributed by atoms with Crippen LogP contribution in [0.4, 0.5) is 11.4 Å². The molecule has 0 aromatic heterocycles. The van der Waals surface area contributed by atoms with Crippen LogP contribution < -0.4 is 10.6 Å². The number of para-hydroxylation sites is 2. The average molecular weight is 370 g/mol. The third-order valence-corrected chi connectivity index (χ3v) is 6.41. The molecule has 2 aliphatic heterocycles. The Morgan fingerprint density at radius 2 is 1.84 bits per heavy atom. The zero-order chi connectivity index (χ0) is 17.4. The van der Waals surface area contributed by atoms with Crippen molar-refractivity contribution in [3.8, 4) is 0 Å². The molecule has 2 aromatic carbocycles. The van der Waals surface area contributed by atoms with Crippen LogP contribution in [0, 0.1) is 0 Å². The lowest BCUT2D eigenvalue weighted by molar-refractivity contribution is 0.239. The van der Waals surface area contributed by atoms with Crippen LogP contribution in [-0.4, -0.2) is 29.1 Å². The molecule has 5 heteroatoms. The average Bonchev–Trinajstić information content (AvgIpc) is 3.15. The first-order valence-corrected chi connectivity index (χ1v) is 10.2. The number of fused-ring (bicyclic) bond motifs is 2. The second-order valence-electron chi connectivity index (χ2n) is 6.59. The molecular weight excluding hydrogens is 346 g/mol. The minimum absolute atomic E-state index is 0.332. The monoisotopic (exact) mass is 369 g/mol. The van der Waals surface area contributed by atoms with Crippen molar-refractivity contribution in [2.24, 2.45) is 5.73 Å². The van der Waals surface area contributed by atoms with E-state index in [1.807, 2.05) is 11.8 Å². The quantitative estimate of drug-likeness (QED) is 0.786. The van der Waals surface area contributed by atoms with Crippen molar-refractivity contribution in [1.82, 2.24) is 4.90 Å². The van der Waals surface area contributed by atoms with E-state index in [1.165, 1.54) is 34.0 Å². The molecule has 1 unspecified atom stereocenters. The van der Waals surface area contributed by atoms with Gasteiger partial charge in [0.05, 0.1) is 17.5 Å². The molecule has 130 valence electrons. The minimum Gasteiger partial charge on any atom is -0.389 e. The van der Waals surface area contributed by atoms with E-state index >= 15 is 0 Å². The summed E-state index contributed by atoms with van der Waals surface area (Å²) in [5, 5.41) is 0. The van der Waals surface area contributed by atoms with E-state index in [1.54, 1.807) is 0 Å². The number of hydrogen-bond acceptors (Lipinski definition) is 4. The molecule has 25 heavy (non-hydrogen) atoms. The van der Waals surface area contributed by atoms with E-state index in [2.05, 4.69) is 59.2 Å². The highest BCUT2D eigenvalue weighted by atomic mass is 32.2. The van der Waals surface area contributed by atoms with E-state index in [0.717, 1.165) is 25.1 Å². The largest absolute Gasteiger partial charge is 0.389 e. The van der Waals surface area contributed by atoms with Crippen LogP contribution in [0.1, 0.15) is 31.7 Å². The zero-order valence-corrected chi connectivity index (χ0v) is 16.1. The Morgan fingerprint density at radius 3 is 2.56 bits per heavy atom. The molecule has 2 N–H and O–H groups in total. The van der Waals surface area contributed by atoms with Crippen LogP contribution in [0.2, 0.25) is 0 Å². The molecule has 2 aromatic rings. The fourth-order valence-corrected chi connectivity index (χ4v) is 5.26. The Labute approximate surface area is 159 Å². The predicted octanol–water partition coefficient (Wildman–Crippen LogP) is 4.76. The highest BCUT2D eigenvalue weighted by Gasteiger charge is 2.34. The molecule has 0 radical (unpaired) electrons. The topological polar surface area (TPSA) is 32.5 Å². The molecule has 0 saturated carbocycles. The first kappa shape index (κ1) is 16.9. The van der Waals surface area contributed by atoms with Crippen molar-refractivity contribution in [2.45, 2.75) is 42.1 Å². The van der Waals surface area contributed by atoms with Gasteiger partial charge in [-0.3, -0.25) is 4.90 Å². The van der Waals surface area contributed by atoms with Gasteiger partial charge in [-0.05, 0) is 43.5 Å². The van der Waals surface area contributed by atoms with Crippen LogP contribution in [0.3, 0.4) is 0 Å². The standard InChI is InChI=1S/C20H23N3S2/c1-2-18(22-12-5-6-13-22)23-15-9-3-4-10-16(15)25-17-11-7-8-14(19(17)23)20(21)24/h3-4,7-11,18H,2,5-6,12-13H2,1H3,(H2,21,24). The second kappa shape index (κ2) is 6.98. The third-order valence-electron chi connectivity index (χ3n) is 5.08. The number of rotatable bonds is 4. The predicted molar refractivity (Wildman–Crippen MR) is 110 cm³/mol. The van der Waals surface area contributed by atoms with E-state index < -0.39 is 0 Å². The highest BCUT2D eigenvalue weighted by molar-refractivity contribution is 7.99. The summed E-state index contributed by atoms with van der Waals surface area (Å²) in [5.74, 6) is 0. The van der Waals surface area contributed by atoms with Gasteiger partial charge >= 0.3 is 0 Å². The van der Waals surface area contributed by atoms with Gasteiger partial charge in [0.2, 0.25) is 0 Å². The second-order valence-corrected chi connectivity index (χ2v) is 8.11. The lowest BCUT2D eigenvalue weighted by atomic mass is 10.1.